The number of hydrogen-bond donors (Lipinski definition) is 1. The number of carbonyl (C=O) groups excluding carboxylic acids is 1. The lowest BCUT2D eigenvalue weighted by atomic mass is 9.93. The first kappa shape index (κ1) is 18.2. The predicted octanol–water partition coefficient (Wildman–Crippen LogP) is 4.29. The normalized spacial score (nSPS) is 16.0. The first-order valence-electron chi connectivity index (χ1n) is 9.27. The molecule has 2 heterocycles. The van der Waals surface area contributed by atoms with E-state index in [4.69, 9.17) is 4.74 Å². The molecule has 1 N–H and O–H groups in total. The van der Waals surface area contributed by atoms with Gasteiger partial charge in [0.1, 0.15) is 17.3 Å². The number of rotatable bonds is 3. The first-order valence-corrected chi connectivity index (χ1v) is 9.27. The summed E-state index contributed by atoms with van der Waals surface area (Å²) >= 11 is 0. The monoisotopic (exact) mass is 379 g/mol. The molecule has 0 saturated heterocycles. The van der Waals surface area contributed by atoms with Crippen molar-refractivity contribution in [1.82, 2.24) is 15.1 Å². The Bertz CT molecular complexity index is 1040. The Morgan fingerprint density at radius 3 is 2.82 bits per heavy atom. The number of methoxy groups -OCH3 is 1. The van der Waals surface area contributed by atoms with Gasteiger partial charge in [-0.1, -0.05) is 6.07 Å². The summed E-state index contributed by atoms with van der Waals surface area (Å²) in [6.07, 6.45) is 0.799. The highest BCUT2D eigenvalue weighted by Crippen LogP contribution is 2.33. The van der Waals surface area contributed by atoms with Crippen molar-refractivity contribution in [2.24, 2.45) is 0 Å². The van der Waals surface area contributed by atoms with Crippen LogP contribution < -0.4 is 4.74 Å². The summed E-state index contributed by atoms with van der Waals surface area (Å²) in [6.45, 7) is 4.37. The van der Waals surface area contributed by atoms with Crippen LogP contribution in [-0.4, -0.2) is 34.7 Å². The number of aromatic nitrogens is 2. The second kappa shape index (κ2) is 7.11. The van der Waals surface area contributed by atoms with Crippen LogP contribution in [0.3, 0.4) is 0 Å². The zero-order valence-corrected chi connectivity index (χ0v) is 16.1. The van der Waals surface area contributed by atoms with E-state index in [0.29, 0.717) is 23.5 Å². The summed E-state index contributed by atoms with van der Waals surface area (Å²) in [6, 6.07) is 12.5. The summed E-state index contributed by atoms with van der Waals surface area (Å²) in [4.78, 5) is 14.9. The van der Waals surface area contributed by atoms with Crippen molar-refractivity contribution in [3.05, 3.63) is 70.7 Å². The van der Waals surface area contributed by atoms with Crippen LogP contribution in [0.5, 0.6) is 5.75 Å². The fourth-order valence-corrected chi connectivity index (χ4v) is 3.73. The number of halogens is 1. The third kappa shape index (κ3) is 3.15. The number of ether oxygens (including phenoxy) is 1. The highest BCUT2D eigenvalue weighted by atomic mass is 19.1. The van der Waals surface area contributed by atoms with Gasteiger partial charge in [-0.3, -0.25) is 9.89 Å². The van der Waals surface area contributed by atoms with Crippen molar-refractivity contribution in [1.29, 1.82) is 0 Å². The standard InChI is InChI=1S/C22H22FN3O2/c1-13-10-16(5-7-19(13)23)20-12-21(25-24-20)22(27)26-9-8-15-4-6-17(28-3)11-18(15)14(26)2/h4-7,10-12,14H,8-9H2,1-3H3,(H,24,25). The maximum Gasteiger partial charge on any atom is 0.272 e. The quantitative estimate of drug-likeness (QED) is 0.738. The summed E-state index contributed by atoms with van der Waals surface area (Å²) < 4.78 is 18.8. The molecule has 28 heavy (non-hydrogen) atoms. The molecule has 2 aromatic carbocycles. The highest BCUT2D eigenvalue weighted by molar-refractivity contribution is 5.94. The molecule has 1 aliphatic rings. The van der Waals surface area contributed by atoms with E-state index < -0.39 is 0 Å². The number of fused-ring (bicyclic) bond motifs is 1. The fraction of sp³-hybridized carbons (Fsp3) is 0.273. The molecular formula is C22H22FN3O2. The van der Waals surface area contributed by atoms with E-state index in [2.05, 4.69) is 16.3 Å². The number of aromatic amines is 1. The Labute approximate surface area is 163 Å². The zero-order chi connectivity index (χ0) is 19.8. The Kier molecular flexibility index (Phi) is 4.63. The minimum Gasteiger partial charge on any atom is -0.497 e. The van der Waals surface area contributed by atoms with Crippen LogP contribution in [0, 0.1) is 12.7 Å². The average molecular weight is 379 g/mol. The predicted molar refractivity (Wildman–Crippen MR) is 105 cm³/mol. The van der Waals surface area contributed by atoms with E-state index in [0.717, 1.165) is 23.3 Å². The largest absolute Gasteiger partial charge is 0.497 e. The number of H-pyrrole nitrogens is 1. The molecule has 0 radical (unpaired) electrons. The third-order valence-electron chi connectivity index (χ3n) is 5.42. The van der Waals surface area contributed by atoms with Crippen molar-refractivity contribution in [3.63, 3.8) is 0 Å². The van der Waals surface area contributed by atoms with Crippen LogP contribution in [0.25, 0.3) is 11.3 Å². The molecule has 0 fully saturated rings. The van der Waals surface area contributed by atoms with Gasteiger partial charge in [-0.2, -0.15) is 5.10 Å². The number of benzene rings is 2. The van der Waals surface area contributed by atoms with Crippen LogP contribution in [-0.2, 0) is 6.42 Å². The lowest BCUT2D eigenvalue weighted by Crippen LogP contribution is -2.39. The van der Waals surface area contributed by atoms with Gasteiger partial charge in [0, 0.05) is 12.1 Å². The molecular weight excluding hydrogens is 357 g/mol. The highest BCUT2D eigenvalue weighted by Gasteiger charge is 2.29. The van der Waals surface area contributed by atoms with Gasteiger partial charge in [0.25, 0.3) is 5.91 Å². The molecule has 0 spiro atoms. The van der Waals surface area contributed by atoms with Gasteiger partial charge in [-0.15, -0.1) is 0 Å². The molecule has 0 saturated carbocycles. The van der Waals surface area contributed by atoms with Crippen LogP contribution in [0.2, 0.25) is 0 Å². The molecule has 5 nitrogen and oxygen atoms in total. The first-order chi connectivity index (χ1) is 13.5. The zero-order valence-electron chi connectivity index (χ0n) is 16.1. The minimum atomic E-state index is -0.258. The SMILES string of the molecule is COc1ccc2c(c1)C(C)N(C(=O)c1cc(-c3ccc(F)c(C)c3)n[nH]1)CC2. The number of hydrogen-bond acceptors (Lipinski definition) is 3. The van der Waals surface area contributed by atoms with E-state index in [9.17, 15) is 9.18 Å². The smallest absolute Gasteiger partial charge is 0.272 e. The number of nitrogens with one attached hydrogen (secondary N) is 1. The van der Waals surface area contributed by atoms with Gasteiger partial charge in [-0.25, -0.2) is 4.39 Å². The van der Waals surface area contributed by atoms with E-state index in [-0.39, 0.29) is 17.8 Å². The van der Waals surface area contributed by atoms with E-state index in [1.807, 2.05) is 24.0 Å². The van der Waals surface area contributed by atoms with Crippen LogP contribution in [0.4, 0.5) is 4.39 Å². The Morgan fingerprint density at radius 1 is 1.25 bits per heavy atom. The molecule has 6 heteroatoms. The molecule has 1 atom stereocenters. The second-order valence-electron chi connectivity index (χ2n) is 7.12. The number of amides is 1. The van der Waals surface area contributed by atoms with Gasteiger partial charge >= 0.3 is 0 Å². The molecule has 1 aromatic heterocycles. The molecule has 3 aromatic rings. The maximum atomic E-state index is 13.5. The minimum absolute atomic E-state index is 0.0637. The lowest BCUT2D eigenvalue weighted by Gasteiger charge is -2.35. The molecule has 1 unspecified atom stereocenters. The van der Waals surface area contributed by atoms with Crippen LogP contribution in [0.15, 0.2) is 42.5 Å². The van der Waals surface area contributed by atoms with E-state index in [1.165, 1.54) is 11.6 Å². The molecule has 4 rings (SSSR count). The number of nitrogens with zero attached hydrogens (tertiary/aromatic N) is 2. The van der Waals surface area contributed by atoms with Gasteiger partial charge in [0.2, 0.25) is 0 Å². The molecule has 1 aliphatic heterocycles. The number of carbonyl (C=O) groups is 1. The summed E-state index contributed by atoms with van der Waals surface area (Å²) in [5.41, 5.74) is 4.71. The van der Waals surface area contributed by atoms with Crippen molar-refractivity contribution >= 4 is 5.91 Å². The van der Waals surface area contributed by atoms with Crippen molar-refractivity contribution in [2.45, 2.75) is 26.3 Å². The Morgan fingerprint density at radius 2 is 2.07 bits per heavy atom. The maximum absolute atomic E-state index is 13.5. The molecule has 1 amide bonds. The van der Waals surface area contributed by atoms with E-state index >= 15 is 0 Å². The summed E-state index contributed by atoms with van der Waals surface area (Å²) in [5, 5.41) is 7.10. The topological polar surface area (TPSA) is 58.2 Å². The van der Waals surface area contributed by atoms with Crippen LogP contribution in [0.1, 0.15) is 40.1 Å². The van der Waals surface area contributed by atoms with Crippen molar-refractivity contribution in [3.8, 4) is 17.0 Å². The molecule has 0 bridgehead atoms. The molecule has 0 aliphatic carbocycles. The summed E-state index contributed by atoms with van der Waals surface area (Å²) in [7, 11) is 1.64. The van der Waals surface area contributed by atoms with Crippen molar-refractivity contribution in [2.75, 3.05) is 13.7 Å². The average Bonchev–Trinajstić information content (AvgIpc) is 3.20. The third-order valence-corrected chi connectivity index (χ3v) is 5.42. The lowest BCUT2D eigenvalue weighted by molar-refractivity contribution is 0.0671. The van der Waals surface area contributed by atoms with Gasteiger partial charge < -0.3 is 9.64 Å². The van der Waals surface area contributed by atoms with Crippen LogP contribution >= 0.6 is 0 Å². The Balaban J connectivity index is 1.60. The second-order valence-corrected chi connectivity index (χ2v) is 7.12. The van der Waals surface area contributed by atoms with Crippen molar-refractivity contribution < 1.29 is 13.9 Å². The molecule has 144 valence electrons. The fourth-order valence-electron chi connectivity index (χ4n) is 3.73. The number of aryl methyl sites for hydroxylation is 1. The summed E-state index contributed by atoms with van der Waals surface area (Å²) in [5.74, 6) is 0.431. The van der Waals surface area contributed by atoms with E-state index in [1.54, 1.807) is 32.2 Å². The Hall–Kier alpha value is -3.15. The van der Waals surface area contributed by atoms with Gasteiger partial charge in [0.05, 0.1) is 18.8 Å². The van der Waals surface area contributed by atoms with Gasteiger partial charge in [0.15, 0.2) is 0 Å². The van der Waals surface area contributed by atoms with Gasteiger partial charge in [-0.05, 0) is 73.4 Å².